The molecule has 0 amide bonds. The summed E-state index contributed by atoms with van der Waals surface area (Å²) in [6.45, 7) is 1.84. The summed E-state index contributed by atoms with van der Waals surface area (Å²) in [7, 11) is 0. The first kappa shape index (κ1) is 14.6. The average Bonchev–Trinajstić information content (AvgIpc) is 3.13. The van der Waals surface area contributed by atoms with E-state index >= 15 is 0 Å². The molecule has 1 aliphatic rings. The van der Waals surface area contributed by atoms with Crippen LogP contribution in [0.25, 0.3) is 0 Å². The molecule has 1 N–H and O–H groups in total. The van der Waals surface area contributed by atoms with Crippen molar-refractivity contribution in [2.75, 3.05) is 6.54 Å². The van der Waals surface area contributed by atoms with E-state index in [4.69, 9.17) is 16.0 Å². The van der Waals surface area contributed by atoms with Crippen molar-refractivity contribution in [3.8, 4) is 0 Å². The van der Waals surface area contributed by atoms with Gasteiger partial charge in [-0.15, -0.1) is 0 Å². The fourth-order valence-corrected chi connectivity index (χ4v) is 3.16. The molecule has 0 aromatic carbocycles. The number of aliphatic hydroxyl groups excluding tert-OH is 1. The topological polar surface area (TPSA) is 49.5 Å². The van der Waals surface area contributed by atoms with Gasteiger partial charge in [0.05, 0.1) is 11.3 Å². The molecule has 2 aromatic heterocycles. The van der Waals surface area contributed by atoms with Crippen molar-refractivity contribution in [1.82, 2.24) is 9.88 Å². The molecule has 1 aliphatic heterocycles. The van der Waals surface area contributed by atoms with Crippen LogP contribution in [0.4, 0.5) is 0 Å². The summed E-state index contributed by atoms with van der Waals surface area (Å²) in [5, 5.41) is 11.0. The van der Waals surface area contributed by atoms with Crippen LogP contribution in [0.1, 0.15) is 36.7 Å². The van der Waals surface area contributed by atoms with E-state index in [0.717, 1.165) is 31.5 Å². The maximum absolute atomic E-state index is 10.3. The molecule has 21 heavy (non-hydrogen) atoms. The highest BCUT2D eigenvalue weighted by Gasteiger charge is 2.28. The minimum Gasteiger partial charge on any atom is -0.467 e. The number of rotatable bonds is 5. The number of hydrogen-bond acceptors (Lipinski definition) is 4. The third-order valence-electron chi connectivity index (χ3n) is 4.10. The zero-order chi connectivity index (χ0) is 14.7. The summed E-state index contributed by atoms with van der Waals surface area (Å²) >= 11 is 6.18. The second-order valence-corrected chi connectivity index (χ2v) is 5.91. The number of pyridine rings is 1. The van der Waals surface area contributed by atoms with Crippen molar-refractivity contribution >= 4 is 11.6 Å². The third kappa shape index (κ3) is 3.46. The maximum Gasteiger partial charge on any atom is 0.132 e. The minimum absolute atomic E-state index is 0.356. The quantitative estimate of drug-likeness (QED) is 0.919. The predicted octanol–water partition coefficient (Wildman–Crippen LogP) is 3.42. The van der Waals surface area contributed by atoms with Crippen LogP contribution in [0.5, 0.6) is 0 Å². The van der Waals surface area contributed by atoms with E-state index in [1.807, 2.05) is 18.2 Å². The molecule has 0 unspecified atom stereocenters. The Morgan fingerprint density at radius 2 is 2.38 bits per heavy atom. The number of aromatic nitrogens is 1. The van der Waals surface area contributed by atoms with Crippen LogP contribution in [-0.4, -0.2) is 27.6 Å². The maximum atomic E-state index is 10.3. The molecule has 0 saturated carbocycles. The Balaban J connectivity index is 1.64. The van der Waals surface area contributed by atoms with E-state index in [0.29, 0.717) is 23.2 Å². The molecule has 0 bridgehead atoms. The van der Waals surface area contributed by atoms with Gasteiger partial charge in [0.15, 0.2) is 0 Å². The van der Waals surface area contributed by atoms with Crippen molar-refractivity contribution in [3.05, 3.63) is 53.2 Å². The van der Waals surface area contributed by atoms with Crippen LogP contribution in [0, 0.1) is 0 Å². The largest absolute Gasteiger partial charge is 0.467 e. The molecule has 112 valence electrons. The first-order valence-corrected chi connectivity index (χ1v) is 7.66. The fourth-order valence-electron chi connectivity index (χ4n) is 2.98. The fraction of sp³-hybridized carbons (Fsp3) is 0.438. The molecule has 0 radical (unpaired) electrons. The SMILES string of the molecule is O[C@H](C[C@H]1CCCN1Cc1ccncc1Cl)c1ccco1. The van der Waals surface area contributed by atoms with Gasteiger partial charge in [-0.25, -0.2) is 0 Å². The molecule has 0 spiro atoms. The van der Waals surface area contributed by atoms with Crippen LogP contribution in [0.2, 0.25) is 5.02 Å². The Labute approximate surface area is 129 Å². The Kier molecular flexibility index (Phi) is 4.58. The first-order valence-electron chi connectivity index (χ1n) is 7.28. The molecule has 1 fully saturated rings. The van der Waals surface area contributed by atoms with Gasteiger partial charge >= 0.3 is 0 Å². The summed E-state index contributed by atoms with van der Waals surface area (Å²) in [6, 6.07) is 5.95. The number of furan rings is 1. The molecule has 2 aromatic rings. The van der Waals surface area contributed by atoms with Crippen LogP contribution < -0.4 is 0 Å². The van der Waals surface area contributed by atoms with Gasteiger partial charge in [0.2, 0.25) is 0 Å². The molecular weight excluding hydrogens is 288 g/mol. The van der Waals surface area contributed by atoms with Crippen LogP contribution >= 0.6 is 11.6 Å². The molecule has 3 heterocycles. The predicted molar refractivity (Wildman–Crippen MR) is 81.0 cm³/mol. The lowest BCUT2D eigenvalue weighted by atomic mass is 10.0. The zero-order valence-electron chi connectivity index (χ0n) is 11.8. The number of halogens is 1. The number of aliphatic hydroxyl groups is 1. The lowest BCUT2D eigenvalue weighted by Crippen LogP contribution is -2.30. The summed E-state index contributed by atoms with van der Waals surface area (Å²) in [4.78, 5) is 6.40. The van der Waals surface area contributed by atoms with E-state index in [1.54, 1.807) is 18.7 Å². The van der Waals surface area contributed by atoms with Gasteiger partial charge in [-0.3, -0.25) is 9.88 Å². The second-order valence-electron chi connectivity index (χ2n) is 5.50. The number of hydrogen-bond donors (Lipinski definition) is 1. The van der Waals surface area contributed by atoms with Gasteiger partial charge in [0, 0.05) is 25.0 Å². The van der Waals surface area contributed by atoms with Crippen molar-refractivity contribution in [2.24, 2.45) is 0 Å². The molecule has 0 aliphatic carbocycles. The minimum atomic E-state index is -0.543. The van der Waals surface area contributed by atoms with Gasteiger partial charge < -0.3 is 9.52 Å². The summed E-state index contributed by atoms with van der Waals surface area (Å²) in [5.74, 6) is 0.642. The van der Waals surface area contributed by atoms with Crippen LogP contribution in [0.3, 0.4) is 0 Å². The van der Waals surface area contributed by atoms with E-state index in [2.05, 4.69) is 9.88 Å². The van der Waals surface area contributed by atoms with E-state index < -0.39 is 6.10 Å². The third-order valence-corrected chi connectivity index (χ3v) is 4.44. The summed E-state index contributed by atoms with van der Waals surface area (Å²) in [6.07, 6.45) is 7.44. The van der Waals surface area contributed by atoms with E-state index in [9.17, 15) is 5.11 Å². The van der Waals surface area contributed by atoms with Crippen molar-refractivity contribution < 1.29 is 9.52 Å². The number of nitrogens with zero attached hydrogens (tertiary/aromatic N) is 2. The lowest BCUT2D eigenvalue weighted by Gasteiger charge is -2.26. The highest BCUT2D eigenvalue weighted by molar-refractivity contribution is 6.31. The van der Waals surface area contributed by atoms with Crippen LogP contribution in [0.15, 0.2) is 41.3 Å². The Morgan fingerprint density at radius 3 is 3.14 bits per heavy atom. The number of likely N-dealkylation sites (tertiary alicyclic amines) is 1. The Bertz CT molecular complexity index is 573. The average molecular weight is 307 g/mol. The molecule has 3 rings (SSSR count). The highest BCUT2D eigenvalue weighted by atomic mass is 35.5. The smallest absolute Gasteiger partial charge is 0.132 e. The second kappa shape index (κ2) is 6.60. The van der Waals surface area contributed by atoms with Crippen LogP contribution in [-0.2, 0) is 6.54 Å². The standard InChI is InChI=1S/C16H19ClN2O2/c17-14-10-18-6-5-12(14)11-19-7-1-3-13(19)9-15(20)16-4-2-8-21-16/h2,4-6,8,10,13,15,20H,1,3,7,9,11H2/t13-,15-/m1/s1. The monoisotopic (exact) mass is 306 g/mol. The van der Waals surface area contributed by atoms with Gasteiger partial charge in [-0.05, 0) is 49.6 Å². The highest BCUT2D eigenvalue weighted by Crippen LogP contribution is 2.29. The normalized spacial score (nSPS) is 20.8. The van der Waals surface area contributed by atoms with E-state index in [1.165, 1.54) is 0 Å². The Morgan fingerprint density at radius 1 is 1.48 bits per heavy atom. The zero-order valence-corrected chi connectivity index (χ0v) is 12.5. The van der Waals surface area contributed by atoms with Crippen molar-refractivity contribution in [1.29, 1.82) is 0 Å². The molecule has 4 nitrogen and oxygen atoms in total. The molecule has 1 saturated heterocycles. The lowest BCUT2D eigenvalue weighted by molar-refractivity contribution is 0.0995. The Hall–Kier alpha value is -1.36. The van der Waals surface area contributed by atoms with Gasteiger partial charge in [-0.1, -0.05) is 11.6 Å². The van der Waals surface area contributed by atoms with Crippen molar-refractivity contribution in [2.45, 2.75) is 38.0 Å². The van der Waals surface area contributed by atoms with Crippen molar-refractivity contribution in [3.63, 3.8) is 0 Å². The molecular formula is C16H19ClN2O2. The summed E-state index contributed by atoms with van der Waals surface area (Å²) in [5.41, 5.74) is 1.09. The first-order chi connectivity index (χ1) is 10.2. The molecule has 5 heteroatoms. The molecule has 2 atom stereocenters. The van der Waals surface area contributed by atoms with Gasteiger partial charge in [0.1, 0.15) is 11.9 Å². The van der Waals surface area contributed by atoms with Gasteiger partial charge in [0.25, 0.3) is 0 Å². The summed E-state index contributed by atoms with van der Waals surface area (Å²) < 4.78 is 5.28. The van der Waals surface area contributed by atoms with E-state index in [-0.39, 0.29) is 0 Å². The van der Waals surface area contributed by atoms with Gasteiger partial charge in [-0.2, -0.15) is 0 Å².